The van der Waals surface area contributed by atoms with Crippen molar-refractivity contribution >= 4 is 0 Å². The Morgan fingerprint density at radius 1 is 1.00 bits per heavy atom. The van der Waals surface area contributed by atoms with E-state index in [0.717, 1.165) is 25.7 Å². The molecule has 0 amide bonds. The third kappa shape index (κ3) is 1.96. The summed E-state index contributed by atoms with van der Waals surface area (Å²) in [6, 6.07) is 0. The lowest BCUT2D eigenvalue weighted by molar-refractivity contribution is -0.167. The van der Waals surface area contributed by atoms with Crippen molar-refractivity contribution in [3.05, 3.63) is 0 Å². The molecule has 0 N–H and O–H groups in total. The molecular weight excluding hydrogens is 158 g/mol. The number of halogens is 2. The van der Waals surface area contributed by atoms with Crippen LogP contribution in [0.25, 0.3) is 0 Å². The van der Waals surface area contributed by atoms with Gasteiger partial charge in [-0.15, -0.1) is 0 Å². The summed E-state index contributed by atoms with van der Waals surface area (Å²) in [7, 11) is 0. The van der Waals surface area contributed by atoms with E-state index in [1.807, 2.05) is 0 Å². The van der Waals surface area contributed by atoms with Crippen molar-refractivity contribution in [1.82, 2.24) is 0 Å². The Kier molecular flexibility index (Phi) is 2.74. The van der Waals surface area contributed by atoms with Gasteiger partial charge in [-0.05, 0) is 18.3 Å². The predicted molar refractivity (Wildman–Crippen MR) is 46.4 cm³/mol. The highest BCUT2D eigenvalue weighted by atomic mass is 19.3. The summed E-state index contributed by atoms with van der Waals surface area (Å²) < 4.78 is 25.4. The largest absolute Gasteiger partial charge is 0.249 e. The smallest absolute Gasteiger partial charge is 0.207 e. The first-order chi connectivity index (χ1) is 5.54. The summed E-state index contributed by atoms with van der Waals surface area (Å²) in [5.41, 5.74) is 0.00694. The molecule has 12 heavy (non-hydrogen) atoms. The van der Waals surface area contributed by atoms with Crippen LogP contribution < -0.4 is 0 Å². The molecule has 1 saturated carbocycles. The zero-order valence-corrected chi connectivity index (χ0v) is 8.00. The van der Waals surface area contributed by atoms with Gasteiger partial charge >= 0.3 is 0 Å². The first-order valence-electron chi connectivity index (χ1n) is 4.91. The van der Waals surface area contributed by atoms with Gasteiger partial charge in [-0.3, -0.25) is 0 Å². The first kappa shape index (κ1) is 9.94. The molecule has 0 spiro atoms. The lowest BCUT2D eigenvalue weighted by Gasteiger charge is -2.47. The number of alkyl halides is 2. The molecule has 0 heterocycles. The fourth-order valence-corrected chi connectivity index (χ4v) is 2.58. The average molecular weight is 176 g/mol. The molecule has 0 aromatic carbocycles. The molecule has 0 radical (unpaired) electrons. The molecule has 1 rings (SSSR count). The van der Waals surface area contributed by atoms with Gasteiger partial charge in [0.1, 0.15) is 0 Å². The van der Waals surface area contributed by atoms with Crippen LogP contribution in [0.3, 0.4) is 0 Å². The van der Waals surface area contributed by atoms with Gasteiger partial charge in [0.05, 0.1) is 0 Å². The molecule has 1 fully saturated rings. The fourth-order valence-electron chi connectivity index (χ4n) is 2.58. The minimum atomic E-state index is -2.34. The fraction of sp³-hybridized carbons (Fsp3) is 1.00. The van der Waals surface area contributed by atoms with E-state index in [1.165, 1.54) is 0 Å². The Balaban J connectivity index is 2.43. The van der Waals surface area contributed by atoms with E-state index >= 15 is 0 Å². The molecule has 0 aromatic rings. The molecule has 72 valence electrons. The van der Waals surface area contributed by atoms with Crippen LogP contribution in [0.4, 0.5) is 8.78 Å². The average Bonchev–Trinajstić information content (AvgIpc) is 1.83. The van der Waals surface area contributed by atoms with E-state index in [4.69, 9.17) is 0 Å². The van der Waals surface area contributed by atoms with Crippen molar-refractivity contribution < 1.29 is 8.78 Å². The number of rotatable bonds is 4. The number of hydrogen-bond acceptors (Lipinski definition) is 0. The molecule has 1 aliphatic rings. The second kappa shape index (κ2) is 3.31. The maximum atomic E-state index is 12.7. The molecule has 0 atom stereocenters. The topological polar surface area (TPSA) is 0 Å². The van der Waals surface area contributed by atoms with Crippen molar-refractivity contribution in [2.24, 2.45) is 5.41 Å². The summed E-state index contributed by atoms with van der Waals surface area (Å²) in [5.74, 6) is -2.34. The van der Waals surface area contributed by atoms with E-state index in [1.54, 1.807) is 0 Å². The van der Waals surface area contributed by atoms with E-state index in [2.05, 4.69) is 13.8 Å². The highest BCUT2D eigenvalue weighted by molar-refractivity contribution is 4.98. The summed E-state index contributed by atoms with van der Waals surface area (Å²) in [4.78, 5) is 0. The maximum Gasteiger partial charge on any atom is 0.249 e. The van der Waals surface area contributed by atoms with Crippen molar-refractivity contribution in [1.29, 1.82) is 0 Å². The Bertz CT molecular complexity index is 136. The molecule has 0 unspecified atom stereocenters. The molecule has 0 saturated heterocycles. The van der Waals surface area contributed by atoms with Gasteiger partial charge in [0.2, 0.25) is 5.92 Å². The van der Waals surface area contributed by atoms with Crippen molar-refractivity contribution in [2.75, 3.05) is 0 Å². The Morgan fingerprint density at radius 2 is 1.42 bits per heavy atom. The molecule has 1 aliphatic carbocycles. The summed E-state index contributed by atoms with van der Waals surface area (Å²) >= 11 is 0. The second-order valence-corrected chi connectivity index (χ2v) is 4.21. The van der Waals surface area contributed by atoms with Crippen LogP contribution in [-0.2, 0) is 0 Å². The van der Waals surface area contributed by atoms with Gasteiger partial charge in [-0.25, -0.2) is 8.78 Å². The lowest BCUT2D eigenvalue weighted by Crippen LogP contribution is -2.45. The van der Waals surface area contributed by atoms with Crippen LogP contribution in [0.2, 0.25) is 0 Å². The van der Waals surface area contributed by atoms with Crippen molar-refractivity contribution in [2.45, 2.75) is 58.3 Å². The molecule has 0 aromatic heterocycles. The van der Waals surface area contributed by atoms with E-state index in [0.29, 0.717) is 0 Å². The van der Waals surface area contributed by atoms with Crippen molar-refractivity contribution in [3.63, 3.8) is 0 Å². The van der Waals surface area contributed by atoms with Crippen LogP contribution in [0, 0.1) is 5.41 Å². The number of hydrogen-bond donors (Lipinski definition) is 0. The molecule has 0 nitrogen and oxygen atoms in total. The quantitative estimate of drug-likeness (QED) is 0.607. The normalized spacial score (nSPS) is 25.0. The third-order valence-electron chi connectivity index (χ3n) is 2.83. The molecule has 0 aliphatic heterocycles. The Labute approximate surface area is 73.3 Å². The van der Waals surface area contributed by atoms with E-state index < -0.39 is 5.92 Å². The molecular formula is C10H18F2. The minimum absolute atomic E-state index is 0.00694. The monoisotopic (exact) mass is 176 g/mol. The maximum absolute atomic E-state index is 12.7. The first-order valence-corrected chi connectivity index (χ1v) is 4.91. The standard InChI is InChI=1S/C10H18F2/c1-3-5-9(6-4-2)7-10(11,12)8-9/h3-8H2,1-2H3. The summed E-state index contributed by atoms with van der Waals surface area (Å²) in [5, 5.41) is 0. The summed E-state index contributed by atoms with van der Waals surface area (Å²) in [6.45, 7) is 4.15. The predicted octanol–water partition coefficient (Wildman–Crippen LogP) is 4.00. The van der Waals surface area contributed by atoms with Crippen molar-refractivity contribution in [3.8, 4) is 0 Å². The summed E-state index contributed by atoms with van der Waals surface area (Å²) in [6.07, 6.45) is 4.32. The van der Waals surface area contributed by atoms with Gasteiger partial charge < -0.3 is 0 Å². The highest BCUT2D eigenvalue weighted by Gasteiger charge is 2.54. The minimum Gasteiger partial charge on any atom is -0.207 e. The van der Waals surface area contributed by atoms with Gasteiger partial charge in [0.15, 0.2) is 0 Å². The molecule has 2 heteroatoms. The van der Waals surface area contributed by atoms with Crippen LogP contribution in [-0.4, -0.2) is 5.92 Å². The van der Waals surface area contributed by atoms with Crippen LogP contribution in [0.1, 0.15) is 52.4 Å². The van der Waals surface area contributed by atoms with E-state index in [9.17, 15) is 8.78 Å². The molecule has 0 bridgehead atoms. The zero-order valence-electron chi connectivity index (χ0n) is 8.00. The van der Waals surface area contributed by atoms with Gasteiger partial charge in [-0.2, -0.15) is 0 Å². The zero-order chi connectivity index (χ0) is 9.24. The lowest BCUT2D eigenvalue weighted by atomic mass is 9.61. The van der Waals surface area contributed by atoms with Crippen LogP contribution in [0.15, 0.2) is 0 Å². The van der Waals surface area contributed by atoms with Gasteiger partial charge in [-0.1, -0.05) is 26.7 Å². The third-order valence-corrected chi connectivity index (χ3v) is 2.83. The Morgan fingerprint density at radius 3 is 1.67 bits per heavy atom. The second-order valence-electron chi connectivity index (χ2n) is 4.21. The Hall–Kier alpha value is -0.140. The van der Waals surface area contributed by atoms with Crippen LogP contribution >= 0.6 is 0 Å². The van der Waals surface area contributed by atoms with Crippen LogP contribution in [0.5, 0.6) is 0 Å². The van der Waals surface area contributed by atoms with E-state index in [-0.39, 0.29) is 18.3 Å². The highest BCUT2D eigenvalue weighted by Crippen LogP contribution is 2.56. The van der Waals surface area contributed by atoms with Gasteiger partial charge in [0.25, 0.3) is 0 Å². The SMILES string of the molecule is CCCC1(CCC)CC(F)(F)C1. The van der Waals surface area contributed by atoms with Gasteiger partial charge in [0, 0.05) is 12.8 Å².